The fourth-order valence-corrected chi connectivity index (χ4v) is 2.29. The Labute approximate surface area is 118 Å². The van der Waals surface area contributed by atoms with E-state index < -0.39 is 10.0 Å². The smallest absolute Gasteiger partial charge is 0.238 e. The molecule has 2 aromatic carbocycles. The lowest BCUT2D eigenvalue weighted by molar-refractivity contribution is 0.597. The molecule has 19 heavy (non-hydrogen) atoms. The quantitative estimate of drug-likeness (QED) is 0.837. The summed E-state index contributed by atoms with van der Waals surface area (Å²) in [5.41, 5.74) is 1.60. The van der Waals surface area contributed by atoms with Crippen molar-refractivity contribution < 1.29 is 8.42 Å². The van der Waals surface area contributed by atoms with Gasteiger partial charge in [-0.05, 0) is 30.7 Å². The maximum Gasteiger partial charge on any atom is 0.238 e. The molecule has 0 aliphatic carbocycles. The van der Waals surface area contributed by atoms with Crippen LogP contribution in [-0.4, -0.2) is 8.42 Å². The van der Waals surface area contributed by atoms with Crippen LogP contribution in [0.2, 0.25) is 0 Å². The van der Waals surface area contributed by atoms with E-state index in [0.29, 0.717) is 5.56 Å². The lowest BCUT2D eigenvalue weighted by Crippen LogP contribution is -2.13. The van der Waals surface area contributed by atoms with E-state index in [0.717, 1.165) is 5.69 Å². The van der Waals surface area contributed by atoms with Crippen LogP contribution in [0.3, 0.4) is 0 Å². The molecule has 0 spiro atoms. The van der Waals surface area contributed by atoms with Crippen molar-refractivity contribution in [2.75, 3.05) is 4.84 Å². The summed E-state index contributed by atoms with van der Waals surface area (Å²) in [6.07, 6.45) is 0. The zero-order chi connectivity index (χ0) is 14.3. The van der Waals surface area contributed by atoms with E-state index in [-0.39, 0.29) is 4.90 Å². The van der Waals surface area contributed by atoms with Gasteiger partial charge >= 0.3 is 0 Å². The second-order valence-corrected chi connectivity index (χ2v) is 5.49. The molecular formula is C13H15ClN2O2S. The summed E-state index contributed by atoms with van der Waals surface area (Å²) in [6, 6.07) is 16.2. The highest BCUT2D eigenvalue weighted by molar-refractivity contribution is 7.89. The predicted molar refractivity (Wildman–Crippen MR) is 78.5 cm³/mol. The van der Waals surface area contributed by atoms with Gasteiger partial charge in [0, 0.05) is 17.5 Å². The van der Waals surface area contributed by atoms with Crippen molar-refractivity contribution >= 4 is 27.5 Å². The topological polar surface area (TPSA) is 72.2 Å². The fraction of sp³-hybridized carbons (Fsp3) is 0.0769. The second-order valence-electron chi connectivity index (χ2n) is 3.77. The lowest BCUT2D eigenvalue weighted by Gasteiger charge is -2.00. The number of para-hydroxylation sites is 1. The first-order chi connectivity index (χ1) is 8.95. The van der Waals surface area contributed by atoms with Crippen molar-refractivity contribution in [3.8, 4) is 0 Å². The van der Waals surface area contributed by atoms with Crippen LogP contribution in [0.25, 0.3) is 0 Å². The number of halogens is 1. The third kappa shape index (κ3) is 5.30. The fourth-order valence-electron chi connectivity index (χ4n) is 1.38. The highest BCUT2D eigenvalue weighted by Gasteiger charge is 2.08. The number of rotatable bonds is 2. The van der Waals surface area contributed by atoms with Crippen LogP contribution >= 0.6 is 11.8 Å². The van der Waals surface area contributed by atoms with E-state index in [1.54, 1.807) is 25.1 Å². The molecule has 0 bridgehead atoms. The highest BCUT2D eigenvalue weighted by Crippen LogP contribution is 2.11. The largest absolute Gasteiger partial charge is 0.299 e. The van der Waals surface area contributed by atoms with E-state index in [9.17, 15) is 8.42 Å². The van der Waals surface area contributed by atoms with Gasteiger partial charge in [0.1, 0.15) is 0 Å². The van der Waals surface area contributed by atoms with Crippen LogP contribution in [0, 0.1) is 6.92 Å². The zero-order valence-corrected chi connectivity index (χ0v) is 11.9. The summed E-state index contributed by atoms with van der Waals surface area (Å²) in [6.45, 7) is 1.71. The van der Waals surface area contributed by atoms with Crippen molar-refractivity contribution in [3.05, 3.63) is 60.2 Å². The summed E-state index contributed by atoms with van der Waals surface area (Å²) < 4.78 is 21.7. The minimum Gasteiger partial charge on any atom is -0.299 e. The number of anilines is 1. The first kappa shape index (κ1) is 15.5. The first-order valence-corrected chi connectivity index (χ1v) is 7.37. The molecule has 0 aliphatic heterocycles. The molecule has 0 saturated heterocycles. The minimum atomic E-state index is -3.53. The normalized spacial score (nSPS) is 10.3. The van der Waals surface area contributed by atoms with Gasteiger partial charge in [0.15, 0.2) is 0 Å². The van der Waals surface area contributed by atoms with E-state index in [1.165, 1.54) is 6.07 Å². The number of benzene rings is 2. The van der Waals surface area contributed by atoms with Crippen molar-refractivity contribution in [2.24, 2.45) is 5.14 Å². The van der Waals surface area contributed by atoms with Gasteiger partial charge < -0.3 is 0 Å². The Morgan fingerprint density at radius 1 is 1.00 bits per heavy atom. The van der Waals surface area contributed by atoms with E-state index in [4.69, 9.17) is 16.9 Å². The number of hydrogen-bond acceptors (Lipinski definition) is 3. The third-order valence-electron chi connectivity index (χ3n) is 2.28. The molecule has 0 aromatic heterocycles. The van der Waals surface area contributed by atoms with E-state index >= 15 is 0 Å². The number of aryl methyl sites for hydroxylation is 1. The summed E-state index contributed by atoms with van der Waals surface area (Å²) in [5.74, 6) is 0. The van der Waals surface area contributed by atoms with Crippen molar-refractivity contribution in [1.82, 2.24) is 0 Å². The van der Waals surface area contributed by atoms with Gasteiger partial charge in [-0.1, -0.05) is 36.4 Å². The molecule has 3 N–H and O–H groups in total. The standard InChI is InChI=1S/C7H9NO2S.C6H6ClN/c1-6-4-2-3-5-7(6)11(8,9)10;7-8-6-4-2-1-3-5-6/h2-5H,1H3,(H2,8,9,10);1-5,8H. The number of sulfonamides is 1. The third-order valence-corrected chi connectivity index (χ3v) is 3.57. The van der Waals surface area contributed by atoms with Gasteiger partial charge in [0.25, 0.3) is 0 Å². The lowest BCUT2D eigenvalue weighted by atomic mass is 10.2. The molecule has 0 fully saturated rings. The number of primary sulfonamides is 1. The predicted octanol–water partition coefficient (Wildman–Crippen LogP) is 2.89. The van der Waals surface area contributed by atoms with Crippen LogP contribution in [0.5, 0.6) is 0 Å². The van der Waals surface area contributed by atoms with Crippen molar-refractivity contribution in [3.63, 3.8) is 0 Å². The number of nitrogens with one attached hydrogen (secondary N) is 1. The first-order valence-electron chi connectivity index (χ1n) is 5.45. The average molecular weight is 299 g/mol. The molecule has 0 saturated carbocycles. The molecule has 0 amide bonds. The van der Waals surface area contributed by atoms with Crippen LogP contribution < -0.4 is 9.97 Å². The van der Waals surface area contributed by atoms with Gasteiger partial charge in [-0.15, -0.1) is 0 Å². The highest BCUT2D eigenvalue weighted by atomic mass is 35.5. The average Bonchev–Trinajstić information content (AvgIpc) is 2.39. The summed E-state index contributed by atoms with van der Waals surface area (Å²) in [4.78, 5) is 2.69. The Morgan fingerprint density at radius 3 is 1.89 bits per heavy atom. The molecule has 0 radical (unpaired) electrons. The Hall–Kier alpha value is -1.56. The Kier molecular flexibility index (Phi) is 5.82. The summed E-state index contributed by atoms with van der Waals surface area (Å²) >= 11 is 5.28. The summed E-state index contributed by atoms with van der Waals surface area (Å²) in [5, 5.41) is 4.93. The molecule has 2 rings (SSSR count). The van der Waals surface area contributed by atoms with Gasteiger partial charge in [-0.2, -0.15) is 0 Å². The van der Waals surface area contributed by atoms with Gasteiger partial charge in [-0.25, -0.2) is 13.6 Å². The number of nitrogens with two attached hydrogens (primary N) is 1. The molecule has 0 atom stereocenters. The molecule has 0 aliphatic rings. The van der Waals surface area contributed by atoms with E-state index in [1.807, 2.05) is 30.3 Å². The summed E-state index contributed by atoms with van der Waals surface area (Å²) in [7, 11) is -3.53. The van der Waals surface area contributed by atoms with Crippen LogP contribution in [0.4, 0.5) is 5.69 Å². The van der Waals surface area contributed by atoms with Crippen LogP contribution in [0.1, 0.15) is 5.56 Å². The molecular weight excluding hydrogens is 284 g/mol. The molecule has 0 heterocycles. The maximum absolute atomic E-state index is 10.8. The van der Waals surface area contributed by atoms with Crippen molar-refractivity contribution in [2.45, 2.75) is 11.8 Å². The number of hydrogen-bond donors (Lipinski definition) is 2. The Morgan fingerprint density at radius 2 is 1.53 bits per heavy atom. The van der Waals surface area contributed by atoms with Crippen molar-refractivity contribution in [1.29, 1.82) is 0 Å². The Bertz CT molecular complexity index is 616. The molecule has 0 unspecified atom stereocenters. The molecule has 4 nitrogen and oxygen atoms in total. The molecule has 102 valence electrons. The van der Waals surface area contributed by atoms with E-state index in [2.05, 4.69) is 4.84 Å². The zero-order valence-electron chi connectivity index (χ0n) is 10.4. The van der Waals surface area contributed by atoms with Crippen LogP contribution in [0.15, 0.2) is 59.5 Å². The SMILES string of the molecule is Cc1ccccc1S(N)(=O)=O.ClNc1ccccc1. The second kappa shape index (κ2) is 7.13. The minimum absolute atomic E-state index is 0.194. The van der Waals surface area contributed by atoms with Gasteiger partial charge in [0.2, 0.25) is 10.0 Å². The molecule has 2 aromatic rings. The van der Waals surface area contributed by atoms with Gasteiger partial charge in [-0.3, -0.25) is 4.84 Å². The Balaban J connectivity index is 0.000000200. The maximum atomic E-state index is 10.8. The molecule has 6 heteroatoms. The van der Waals surface area contributed by atoms with Gasteiger partial charge in [0.05, 0.1) is 4.90 Å². The van der Waals surface area contributed by atoms with Crippen LogP contribution in [-0.2, 0) is 10.0 Å². The monoisotopic (exact) mass is 298 g/mol.